The van der Waals surface area contributed by atoms with Gasteiger partial charge in [0.15, 0.2) is 5.82 Å². The molecule has 1 aromatic heterocycles. The molecule has 3 nitrogen and oxygen atoms in total. The van der Waals surface area contributed by atoms with Gasteiger partial charge in [-0.25, -0.2) is 0 Å². The van der Waals surface area contributed by atoms with Crippen LogP contribution in [0.4, 0.5) is 5.82 Å². The molecule has 1 radical (unpaired) electrons. The van der Waals surface area contributed by atoms with Gasteiger partial charge in [-0.2, -0.15) is 5.10 Å². The Bertz CT molecular complexity index is 389. The first kappa shape index (κ1) is 6.22. The fourth-order valence-corrected chi connectivity index (χ4v) is 1.21. The fourth-order valence-electron chi connectivity index (χ4n) is 1.21. The molecule has 0 spiro atoms. The van der Waals surface area contributed by atoms with Crippen molar-refractivity contribution in [2.24, 2.45) is 0 Å². The molecule has 0 aliphatic heterocycles. The lowest BCUT2D eigenvalue weighted by molar-refractivity contribution is 1.13. The number of nitrogens with two attached hydrogens (primary N) is 1. The van der Waals surface area contributed by atoms with Crippen molar-refractivity contribution in [2.75, 3.05) is 5.73 Å². The van der Waals surface area contributed by atoms with E-state index in [4.69, 9.17) is 5.73 Å². The Morgan fingerprint density at radius 1 is 1.55 bits per heavy atom. The van der Waals surface area contributed by atoms with Crippen LogP contribution >= 0.6 is 0 Å². The summed E-state index contributed by atoms with van der Waals surface area (Å²) in [6, 6.07) is 6.73. The molecule has 0 aliphatic carbocycles. The number of aromatic nitrogens is 2. The van der Waals surface area contributed by atoms with Gasteiger partial charge in [0.05, 0.1) is 5.52 Å². The lowest BCUT2D eigenvalue weighted by Crippen LogP contribution is -1.85. The second kappa shape index (κ2) is 1.99. The summed E-state index contributed by atoms with van der Waals surface area (Å²) >= 11 is 0. The van der Waals surface area contributed by atoms with E-state index in [1.807, 2.05) is 19.1 Å². The highest BCUT2D eigenvalue weighted by Gasteiger charge is 2.02. The Labute approximate surface area is 64.2 Å². The molecule has 0 saturated carbocycles. The summed E-state index contributed by atoms with van der Waals surface area (Å²) in [7, 11) is 0. The summed E-state index contributed by atoms with van der Waals surface area (Å²) in [5, 5.41) is 7.72. The molecule has 2 rings (SSSR count). The van der Waals surface area contributed by atoms with Crippen molar-refractivity contribution in [1.82, 2.24) is 10.2 Å². The van der Waals surface area contributed by atoms with Gasteiger partial charge in [0, 0.05) is 5.39 Å². The number of rotatable bonds is 0. The van der Waals surface area contributed by atoms with Crippen molar-refractivity contribution in [3.63, 3.8) is 0 Å². The molecule has 1 heterocycles. The maximum Gasteiger partial charge on any atom is 0.153 e. The molecular weight excluding hydrogens is 138 g/mol. The van der Waals surface area contributed by atoms with E-state index < -0.39 is 0 Å². The number of benzene rings is 1. The number of hydrogen-bond donors (Lipinski definition) is 2. The zero-order valence-electron chi connectivity index (χ0n) is 6.18. The van der Waals surface area contributed by atoms with Crippen LogP contribution in [-0.4, -0.2) is 10.2 Å². The number of nitrogen functional groups attached to an aromatic ring is 1. The molecule has 3 N–H and O–H groups in total. The maximum atomic E-state index is 5.62. The number of hydrogen-bond acceptors (Lipinski definition) is 2. The maximum absolute atomic E-state index is 5.62. The smallest absolute Gasteiger partial charge is 0.153 e. The number of nitrogens with one attached hydrogen (secondary N) is 1. The van der Waals surface area contributed by atoms with Crippen LogP contribution < -0.4 is 5.73 Å². The molecule has 0 fully saturated rings. The van der Waals surface area contributed by atoms with Crippen molar-refractivity contribution >= 4 is 16.7 Å². The van der Waals surface area contributed by atoms with Crippen LogP contribution in [0, 0.1) is 13.0 Å². The van der Waals surface area contributed by atoms with Gasteiger partial charge in [-0.1, -0.05) is 6.07 Å². The van der Waals surface area contributed by atoms with Crippen molar-refractivity contribution < 1.29 is 0 Å². The van der Waals surface area contributed by atoms with Gasteiger partial charge in [-0.05, 0) is 24.6 Å². The van der Waals surface area contributed by atoms with Gasteiger partial charge < -0.3 is 5.73 Å². The third kappa shape index (κ3) is 0.774. The number of nitrogens with zero attached hydrogens (tertiary/aromatic N) is 1. The first-order valence-corrected chi connectivity index (χ1v) is 3.39. The standard InChI is InChI=1S/C8H8N3/c1-5-3-2-4-6-7(5)8(9)11-10-6/h3-4H,1H3,(H3,9,10,11). The molecule has 0 bridgehead atoms. The van der Waals surface area contributed by atoms with Crippen LogP contribution in [0.5, 0.6) is 0 Å². The van der Waals surface area contributed by atoms with E-state index in [2.05, 4.69) is 16.3 Å². The first-order chi connectivity index (χ1) is 5.29. The van der Waals surface area contributed by atoms with E-state index in [9.17, 15) is 0 Å². The zero-order chi connectivity index (χ0) is 7.84. The molecule has 0 saturated heterocycles. The minimum absolute atomic E-state index is 0.562. The lowest BCUT2D eigenvalue weighted by Gasteiger charge is -1.92. The quantitative estimate of drug-likeness (QED) is 0.587. The van der Waals surface area contributed by atoms with Gasteiger partial charge >= 0.3 is 0 Å². The van der Waals surface area contributed by atoms with Crippen LogP contribution in [0.1, 0.15) is 5.56 Å². The van der Waals surface area contributed by atoms with Crippen LogP contribution in [-0.2, 0) is 0 Å². The van der Waals surface area contributed by atoms with Crippen LogP contribution in [0.2, 0.25) is 0 Å². The Morgan fingerprint density at radius 2 is 2.36 bits per heavy atom. The number of aromatic amines is 1. The van der Waals surface area contributed by atoms with Crippen LogP contribution in [0.15, 0.2) is 12.1 Å². The molecule has 3 heteroatoms. The Morgan fingerprint density at radius 3 is 3.09 bits per heavy atom. The largest absolute Gasteiger partial charge is 0.382 e. The van der Waals surface area contributed by atoms with E-state index in [1.165, 1.54) is 0 Å². The first-order valence-electron chi connectivity index (χ1n) is 3.39. The van der Waals surface area contributed by atoms with E-state index in [1.54, 1.807) is 0 Å². The SMILES string of the molecule is Cc1c[c]cc2[nH]nc(N)c12. The fraction of sp³-hybridized carbons (Fsp3) is 0.125. The third-order valence-electron chi connectivity index (χ3n) is 1.74. The zero-order valence-corrected chi connectivity index (χ0v) is 6.18. The summed E-state index contributed by atoms with van der Waals surface area (Å²) in [6.07, 6.45) is 0. The van der Waals surface area contributed by atoms with Gasteiger partial charge in [-0.15, -0.1) is 0 Å². The highest BCUT2D eigenvalue weighted by atomic mass is 15.1. The van der Waals surface area contributed by atoms with Crippen molar-refractivity contribution in [1.29, 1.82) is 0 Å². The van der Waals surface area contributed by atoms with Crippen molar-refractivity contribution in [2.45, 2.75) is 6.92 Å². The molecule has 55 valence electrons. The second-order valence-corrected chi connectivity index (χ2v) is 2.54. The molecular formula is C8H8N3. The highest BCUT2D eigenvalue weighted by molar-refractivity contribution is 5.91. The summed E-state index contributed by atoms with van der Waals surface area (Å²) in [5.74, 6) is 0.562. The van der Waals surface area contributed by atoms with E-state index in [0.717, 1.165) is 16.5 Å². The lowest BCUT2D eigenvalue weighted by atomic mass is 10.1. The minimum atomic E-state index is 0.562. The average molecular weight is 146 g/mol. The van der Waals surface area contributed by atoms with Gasteiger partial charge in [0.25, 0.3) is 0 Å². The van der Waals surface area contributed by atoms with Crippen molar-refractivity contribution in [3.05, 3.63) is 23.8 Å². The van der Waals surface area contributed by atoms with E-state index >= 15 is 0 Å². The Hall–Kier alpha value is -1.51. The minimum Gasteiger partial charge on any atom is -0.382 e. The monoisotopic (exact) mass is 146 g/mol. The van der Waals surface area contributed by atoms with E-state index in [-0.39, 0.29) is 0 Å². The topological polar surface area (TPSA) is 54.7 Å². The molecule has 2 aromatic rings. The number of anilines is 1. The summed E-state index contributed by atoms with van der Waals surface area (Å²) in [6.45, 7) is 1.99. The summed E-state index contributed by atoms with van der Waals surface area (Å²) < 4.78 is 0. The third-order valence-corrected chi connectivity index (χ3v) is 1.74. The average Bonchev–Trinajstić information content (AvgIpc) is 2.34. The van der Waals surface area contributed by atoms with Gasteiger partial charge in [0.2, 0.25) is 0 Å². The predicted octanol–water partition coefficient (Wildman–Crippen LogP) is 1.25. The van der Waals surface area contributed by atoms with Crippen molar-refractivity contribution in [3.8, 4) is 0 Å². The number of H-pyrrole nitrogens is 1. The summed E-state index contributed by atoms with van der Waals surface area (Å²) in [5.41, 5.74) is 7.67. The van der Waals surface area contributed by atoms with Gasteiger partial charge in [-0.3, -0.25) is 5.10 Å². The molecule has 0 aliphatic rings. The molecule has 0 atom stereocenters. The Kier molecular flexibility index (Phi) is 1.12. The highest BCUT2D eigenvalue weighted by Crippen LogP contribution is 2.20. The van der Waals surface area contributed by atoms with Crippen LogP contribution in [0.25, 0.3) is 10.9 Å². The molecule has 11 heavy (non-hydrogen) atoms. The van der Waals surface area contributed by atoms with Crippen LogP contribution in [0.3, 0.4) is 0 Å². The van der Waals surface area contributed by atoms with E-state index in [0.29, 0.717) is 5.82 Å². The summed E-state index contributed by atoms with van der Waals surface area (Å²) in [4.78, 5) is 0. The normalized spacial score (nSPS) is 10.6. The predicted molar refractivity (Wildman–Crippen MR) is 44.1 cm³/mol. The Balaban J connectivity index is 2.96. The number of fused-ring (bicyclic) bond motifs is 1. The number of aryl methyl sites for hydroxylation is 1. The molecule has 1 aromatic carbocycles. The molecule has 0 unspecified atom stereocenters. The second-order valence-electron chi connectivity index (χ2n) is 2.54. The molecule has 0 amide bonds. The van der Waals surface area contributed by atoms with Gasteiger partial charge in [0.1, 0.15) is 0 Å².